The van der Waals surface area contributed by atoms with Gasteiger partial charge < -0.3 is 15.0 Å². The molecule has 0 bridgehead atoms. The number of rotatable bonds is 7. The molecule has 5 nitrogen and oxygen atoms in total. The summed E-state index contributed by atoms with van der Waals surface area (Å²) in [4.78, 5) is 9.77. The maximum atomic E-state index is 12.3. The van der Waals surface area contributed by atoms with Crippen molar-refractivity contribution < 1.29 is 13.5 Å². The number of hydrogen-bond acceptors (Lipinski definition) is 5. The van der Waals surface area contributed by atoms with E-state index in [-0.39, 0.29) is 13.2 Å². The maximum absolute atomic E-state index is 12.3. The van der Waals surface area contributed by atoms with Crippen molar-refractivity contribution >= 4 is 11.6 Å². The van der Waals surface area contributed by atoms with E-state index in [0.717, 1.165) is 0 Å². The Kier molecular flexibility index (Phi) is 5.70. The van der Waals surface area contributed by atoms with Gasteiger partial charge in [-0.05, 0) is 6.92 Å². The molecule has 1 rings (SSSR count). The average molecular weight is 260 g/mol. The summed E-state index contributed by atoms with van der Waals surface area (Å²) in [6, 6.07) is 1.62. The summed E-state index contributed by atoms with van der Waals surface area (Å²) in [5.74, 6) is 1.50. The van der Waals surface area contributed by atoms with Crippen molar-refractivity contribution in [3.8, 4) is 0 Å². The minimum Gasteiger partial charge on any atom is -0.374 e. The molecule has 1 N–H and O–H groups in total. The van der Waals surface area contributed by atoms with Crippen molar-refractivity contribution in [3.63, 3.8) is 0 Å². The molecule has 0 aliphatic rings. The van der Waals surface area contributed by atoms with Crippen LogP contribution in [0, 0.1) is 0 Å². The molecule has 0 atom stereocenters. The van der Waals surface area contributed by atoms with Gasteiger partial charge in [0.1, 0.15) is 18.2 Å². The molecule has 0 radical (unpaired) electrons. The number of hydrogen-bond donors (Lipinski definition) is 1. The Hall–Kier alpha value is -1.50. The lowest BCUT2D eigenvalue weighted by atomic mass is 10.4. The van der Waals surface area contributed by atoms with Gasteiger partial charge in [0.05, 0.1) is 6.54 Å². The standard InChI is InChI=1S/C11H18F2N4O/c1-4-18-7-10-15-9(14-2)5-11(16-10)17(3)6-8(12)13/h5,8H,4,6-7H2,1-3H3,(H,14,15,16). The fourth-order valence-corrected chi connectivity index (χ4v) is 1.37. The van der Waals surface area contributed by atoms with Crippen LogP contribution in [0.15, 0.2) is 6.07 Å². The second kappa shape index (κ2) is 7.05. The highest BCUT2D eigenvalue weighted by Crippen LogP contribution is 2.16. The minimum atomic E-state index is -2.40. The first kappa shape index (κ1) is 14.6. The Morgan fingerprint density at radius 2 is 2.17 bits per heavy atom. The largest absolute Gasteiger partial charge is 0.374 e. The Bertz CT molecular complexity index is 376. The van der Waals surface area contributed by atoms with E-state index in [4.69, 9.17) is 4.74 Å². The van der Waals surface area contributed by atoms with Crippen LogP contribution in [0.3, 0.4) is 0 Å². The highest BCUT2D eigenvalue weighted by molar-refractivity contribution is 5.48. The van der Waals surface area contributed by atoms with Crippen molar-refractivity contribution in [3.05, 3.63) is 11.9 Å². The summed E-state index contributed by atoms with van der Waals surface area (Å²) in [7, 11) is 3.28. The Balaban J connectivity index is 2.88. The van der Waals surface area contributed by atoms with E-state index in [1.165, 1.54) is 4.90 Å². The van der Waals surface area contributed by atoms with E-state index < -0.39 is 6.43 Å². The van der Waals surface area contributed by atoms with Crippen LogP contribution in [0.25, 0.3) is 0 Å². The van der Waals surface area contributed by atoms with Crippen molar-refractivity contribution in [1.82, 2.24) is 9.97 Å². The number of nitrogens with zero attached hydrogens (tertiary/aromatic N) is 3. The number of halogens is 2. The van der Waals surface area contributed by atoms with E-state index in [9.17, 15) is 8.78 Å². The molecule has 0 aliphatic heterocycles. The highest BCUT2D eigenvalue weighted by Gasteiger charge is 2.12. The van der Waals surface area contributed by atoms with Crippen LogP contribution < -0.4 is 10.2 Å². The Morgan fingerprint density at radius 1 is 1.44 bits per heavy atom. The molecule has 18 heavy (non-hydrogen) atoms. The first-order valence-corrected chi connectivity index (χ1v) is 5.69. The lowest BCUT2D eigenvalue weighted by molar-refractivity contribution is 0.128. The number of anilines is 2. The van der Waals surface area contributed by atoms with E-state index in [1.54, 1.807) is 20.2 Å². The van der Waals surface area contributed by atoms with E-state index in [1.807, 2.05) is 6.92 Å². The number of ether oxygens (including phenoxy) is 1. The molecule has 0 amide bonds. The van der Waals surface area contributed by atoms with Crippen molar-refractivity contribution in [1.29, 1.82) is 0 Å². The van der Waals surface area contributed by atoms with Gasteiger partial charge in [-0.15, -0.1) is 0 Å². The zero-order valence-corrected chi connectivity index (χ0v) is 10.8. The van der Waals surface area contributed by atoms with Crippen LogP contribution in [-0.4, -0.2) is 43.6 Å². The molecule has 1 heterocycles. The summed E-state index contributed by atoms with van der Waals surface area (Å²) in [5.41, 5.74) is 0. The van der Waals surface area contributed by atoms with E-state index >= 15 is 0 Å². The van der Waals surface area contributed by atoms with Gasteiger partial charge in [-0.2, -0.15) is 0 Å². The Labute approximate surface area is 105 Å². The van der Waals surface area contributed by atoms with E-state index in [0.29, 0.717) is 24.1 Å². The fourth-order valence-electron chi connectivity index (χ4n) is 1.37. The van der Waals surface area contributed by atoms with Gasteiger partial charge in [-0.1, -0.05) is 0 Å². The van der Waals surface area contributed by atoms with Gasteiger partial charge >= 0.3 is 0 Å². The smallest absolute Gasteiger partial charge is 0.255 e. The Morgan fingerprint density at radius 3 is 2.72 bits per heavy atom. The van der Waals surface area contributed by atoms with Gasteiger partial charge in [-0.3, -0.25) is 0 Å². The molecule has 0 unspecified atom stereocenters. The lowest BCUT2D eigenvalue weighted by Gasteiger charge is -2.18. The molecular formula is C11H18F2N4O. The van der Waals surface area contributed by atoms with Gasteiger partial charge in [0.25, 0.3) is 6.43 Å². The van der Waals surface area contributed by atoms with E-state index in [2.05, 4.69) is 15.3 Å². The molecule has 0 saturated carbocycles. The van der Waals surface area contributed by atoms with Crippen LogP contribution >= 0.6 is 0 Å². The van der Waals surface area contributed by atoms with Gasteiger partial charge in [0.2, 0.25) is 0 Å². The third-order valence-electron chi connectivity index (χ3n) is 2.25. The molecule has 0 fully saturated rings. The SMILES string of the molecule is CCOCc1nc(NC)cc(N(C)CC(F)F)n1. The van der Waals surface area contributed by atoms with Crippen molar-refractivity contribution in [2.75, 3.05) is 37.5 Å². The summed E-state index contributed by atoms with van der Waals surface area (Å²) in [6.45, 7) is 2.32. The first-order chi connectivity index (χ1) is 8.56. The first-order valence-electron chi connectivity index (χ1n) is 5.69. The van der Waals surface area contributed by atoms with Crippen LogP contribution in [0.2, 0.25) is 0 Å². The summed E-state index contributed by atoms with van der Waals surface area (Å²) in [5, 5.41) is 2.87. The quantitative estimate of drug-likeness (QED) is 0.809. The molecule has 0 aromatic carbocycles. The van der Waals surface area contributed by atoms with Crippen molar-refractivity contribution in [2.24, 2.45) is 0 Å². The zero-order chi connectivity index (χ0) is 13.5. The number of alkyl halides is 2. The molecule has 102 valence electrons. The summed E-state index contributed by atoms with van der Waals surface area (Å²) < 4.78 is 29.9. The predicted molar refractivity (Wildman–Crippen MR) is 66.2 cm³/mol. The number of aromatic nitrogens is 2. The highest BCUT2D eigenvalue weighted by atomic mass is 19.3. The van der Waals surface area contributed by atoms with Crippen LogP contribution in [0.4, 0.5) is 20.4 Å². The molecule has 7 heteroatoms. The second-order valence-electron chi connectivity index (χ2n) is 3.69. The summed E-state index contributed by atoms with van der Waals surface area (Å²) in [6.07, 6.45) is -2.40. The lowest BCUT2D eigenvalue weighted by Crippen LogP contribution is -2.25. The third-order valence-corrected chi connectivity index (χ3v) is 2.25. The zero-order valence-electron chi connectivity index (χ0n) is 10.8. The normalized spacial score (nSPS) is 10.8. The number of nitrogens with one attached hydrogen (secondary N) is 1. The van der Waals surface area contributed by atoms with Crippen molar-refractivity contribution in [2.45, 2.75) is 20.0 Å². The van der Waals surface area contributed by atoms with Gasteiger partial charge in [0, 0.05) is 26.8 Å². The monoisotopic (exact) mass is 260 g/mol. The van der Waals surface area contributed by atoms with Crippen LogP contribution in [0.5, 0.6) is 0 Å². The average Bonchev–Trinajstić information content (AvgIpc) is 2.35. The third kappa shape index (κ3) is 4.40. The topological polar surface area (TPSA) is 50.3 Å². The molecule has 1 aromatic heterocycles. The second-order valence-corrected chi connectivity index (χ2v) is 3.69. The molecule has 0 spiro atoms. The molecule has 1 aromatic rings. The van der Waals surface area contributed by atoms with Gasteiger partial charge in [0.15, 0.2) is 5.82 Å². The molecule has 0 saturated heterocycles. The fraction of sp³-hybridized carbons (Fsp3) is 0.636. The summed E-state index contributed by atoms with van der Waals surface area (Å²) >= 11 is 0. The minimum absolute atomic E-state index is 0.265. The molecule has 0 aliphatic carbocycles. The maximum Gasteiger partial charge on any atom is 0.255 e. The van der Waals surface area contributed by atoms with Crippen LogP contribution in [0.1, 0.15) is 12.7 Å². The van der Waals surface area contributed by atoms with Crippen LogP contribution in [-0.2, 0) is 11.3 Å². The van der Waals surface area contributed by atoms with Gasteiger partial charge in [-0.25, -0.2) is 18.7 Å². The molecular weight excluding hydrogens is 242 g/mol. The predicted octanol–water partition coefficient (Wildman–Crippen LogP) is 1.76.